The van der Waals surface area contributed by atoms with E-state index >= 15 is 0 Å². The third-order valence-corrected chi connectivity index (χ3v) is 2.90. The Labute approximate surface area is 118 Å². The smallest absolute Gasteiger partial charge is 0.260 e. The van der Waals surface area contributed by atoms with Crippen molar-refractivity contribution in [1.82, 2.24) is 5.32 Å². The molecule has 0 spiro atoms. The van der Waals surface area contributed by atoms with E-state index in [4.69, 9.17) is 9.15 Å². The van der Waals surface area contributed by atoms with E-state index in [1.54, 1.807) is 13.2 Å². The summed E-state index contributed by atoms with van der Waals surface area (Å²) in [5.41, 5.74) is 0. The van der Waals surface area contributed by atoms with Crippen LogP contribution in [-0.2, 0) is 11.2 Å². The van der Waals surface area contributed by atoms with Gasteiger partial charge in [0.2, 0.25) is 0 Å². The first-order chi connectivity index (χ1) is 9.65. The molecule has 4 nitrogen and oxygen atoms in total. The van der Waals surface area contributed by atoms with Gasteiger partial charge in [0.1, 0.15) is 11.5 Å². The Hall–Kier alpha value is -2.23. The summed E-state index contributed by atoms with van der Waals surface area (Å²) in [5.74, 6) is 1.41. The van der Waals surface area contributed by atoms with Gasteiger partial charge >= 0.3 is 0 Å². The van der Waals surface area contributed by atoms with Gasteiger partial charge in [0.05, 0.1) is 6.26 Å². The second kappa shape index (κ2) is 6.80. The van der Waals surface area contributed by atoms with Gasteiger partial charge in [0.15, 0.2) is 6.10 Å². The van der Waals surface area contributed by atoms with Gasteiger partial charge in [-0.15, -0.1) is 0 Å². The lowest BCUT2D eigenvalue weighted by Gasteiger charge is -2.18. The second-order valence-corrected chi connectivity index (χ2v) is 4.77. The van der Waals surface area contributed by atoms with Crippen molar-refractivity contribution < 1.29 is 13.9 Å². The van der Waals surface area contributed by atoms with E-state index in [1.165, 1.54) is 0 Å². The highest BCUT2D eigenvalue weighted by Gasteiger charge is 2.17. The summed E-state index contributed by atoms with van der Waals surface area (Å²) in [4.78, 5) is 12.0. The minimum absolute atomic E-state index is 0.00419. The molecule has 0 unspecified atom stereocenters. The fourth-order valence-corrected chi connectivity index (χ4v) is 1.90. The predicted octanol–water partition coefficient (Wildman–Crippen LogP) is 2.79. The van der Waals surface area contributed by atoms with E-state index in [0.29, 0.717) is 12.2 Å². The Morgan fingerprint density at radius 3 is 2.60 bits per heavy atom. The summed E-state index contributed by atoms with van der Waals surface area (Å²) >= 11 is 0. The lowest BCUT2D eigenvalue weighted by molar-refractivity contribution is -0.127. The van der Waals surface area contributed by atoms with Crippen molar-refractivity contribution in [1.29, 1.82) is 0 Å². The molecular weight excluding hydrogens is 254 g/mol. The molecule has 106 valence electrons. The largest absolute Gasteiger partial charge is 0.481 e. The average molecular weight is 273 g/mol. The molecule has 0 radical (unpaired) electrons. The molecule has 0 fully saturated rings. The summed E-state index contributed by atoms with van der Waals surface area (Å²) in [7, 11) is 0. The molecule has 2 atom stereocenters. The Balaban J connectivity index is 1.81. The molecule has 0 aliphatic rings. The molecule has 1 amide bonds. The molecule has 0 aliphatic heterocycles. The van der Waals surface area contributed by atoms with Crippen LogP contribution in [0.1, 0.15) is 19.6 Å². The molecule has 20 heavy (non-hydrogen) atoms. The fraction of sp³-hybridized carbons (Fsp3) is 0.312. The van der Waals surface area contributed by atoms with Gasteiger partial charge in [0, 0.05) is 12.5 Å². The monoisotopic (exact) mass is 273 g/mol. The highest BCUT2D eigenvalue weighted by Crippen LogP contribution is 2.11. The van der Waals surface area contributed by atoms with Gasteiger partial charge in [-0.2, -0.15) is 0 Å². The van der Waals surface area contributed by atoms with Crippen molar-refractivity contribution in [3.63, 3.8) is 0 Å². The topological polar surface area (TPSA) is 51.5 Å². The third-order valence-electron chi connectivity index (χ3n) is 2.90. The maximum Gasteiger partial charge on any atom is 0.260 e. The number of carbonyl (C=O) groups is 1. The van der Waals surface area contributed by atoms with Crippen LogP contribution in [0, 0.1) is 0 Å². The highest BCUT2D eigenvalue weighted by atomic mass is 16.5. The molecule has 0 saturated carbocycles. The van der Waals surface area contributed by atoms with Gasteiger partial charge in [-0.1, -0.05) is 18.2 Å². The molecular formula is C16H19NO3. The number of benzene rings is 1. The summed E-state index contributed by atoms with van der Waals surface area (Å²) < 4.78 is 10.8. The number of hydrogen-bond acceptors (Lipinski definition) is 3. The standard InChI is InChI=1S/C16H19NO3/c1-12(11-15-9-6-10-19-15)17-16(18)13(2)20-14-7-4-3-5-8-14/h3-10,12-13H,11H2,1-2H3,(H,17,18)/t12-,13-/m0/s1. The van der Waals surface area contributed by atoms with Crippen LogP contribution in [0.2, 0.25) is 0 Å². The molecule has 0 bridgehead atoms. The van der Waals surface area contributed by atoms with E-state index in [9.17, 15) is 4.79 Å². The number of hydrogen-bond donors (Lipinski definition) is 1. The van der Waals surface area contributed by atoms with Crippen molar-refractivity contribution in [2.24, 2.45) is 0 Å². The first-order valence-corrected chi connectivity index (χ1v) is 6.69. The molecule has 2 rings (SSSR count). The predicted molar refractivity (Wildman–Crippen MR) is 76.5 cm³/mol. The summed E-state index contributed by atoms with van der Waals surface area (Å²) in [5, 5.41) is 2.91. The Morgan fingerprint density at radius 1 is 1.20 bits per heavy atom. The number of rotatable bonds is 6. The Kier molecular flexibility index (Phi) is 4.82. The van der Waals surface area contributed by atoms with Crippen LogP contribution < -0.4 is 10.1 Å². The van der Waals surface area contributed by atoms with Crippen molar-refractivity contribution in [2.75, 3.05) is 0 Å². The number of furan rings is 1. The van der Waals surface area contributed by atoms with Gasteiger partial charge in [-0.05, 0) is 38.1 Å². The van der Waals surface area contributed by atoms with Crippen LogP contribution in [0.15, 0.2) is 53.1 Å². The van der Waals surface area contributed by atoms with Crippen molar-refractivity contribution in [2.45, 2.75) is 32.4 Å². The quantitative estimate of drug-likeness (QED) is 0.880. The van der Waals surface area contributed by atoms with Crippen LogP contribution in [0.4, 0.5) is 0 Å². The number of nitrogens with one attached hydrogen (secondary N) is 1. The van der Waals surface area contributed by atoms with Crippen LogP contribution in [0.25, 0.3) is 0 Å². The Morgan fingerprint density at radius 2 is 1.95 bits per heavy atom. The van der Waals surface area contributed by atoms with Crippen molar-refractivity contribution in [3.05, 3.63) is 54.5 Å². The minimum atomic E-state index is -0.531. The van der Waals surface area contributed by atoms with E-state index in [2.05, 4.69) is 5.32 Å². The fourth-order valence-electron chi connectivity index (χ4n) is 1.90. The molecule has 1 N–H and O–H groups in total. The molecule has 2 aromatic rings. The van der Waals surface area contributed by atoms with Crippen LogP contribution in [0.3, 0.4) is 0 Å². The first kappa shape index (κ1) is 14.2. The number of carbonyl (C=O) groups excluding carboxylic acids is 1. The molecule has 0 aliphatic carbocycles. The first-order valence-electron chi connectivity index (χ1n) is 6.69. The van der Waals surface area contributed by atoms with Crippen LogP contribution in [0.5, 0.6) is 5.75 Å². The van der Waals surface area contributed by atoms with Gasteiger partial charge in [-0.3, -0.25) is 4.79 Å². The maximum absolute atomic E-state index is 12.0. The van der Waals surface area contributed by atoms with Crippen LogP contribution >= 0.6 is 0 Å². The molecule has 4 heteroatoms. The van der Waals surface area contributed by atoms with E-state index < -0.39 is 6.10 Å². The molecule has 1 aromatic carbocycles. The normalized spacial score (nSPS) is 13.5. The molecule has 1 heterocycles. The minimum Gasteiger partial charge on any atom is -0.481 e. The van der Waals surface area contributed by atoms with Gasteiger partial charge in [0.25, 0.3) is 5.91 Å². The van der Waals surface area contributed by atoms with E-state index in [0.717, 1.165) is 5.76 Å². The lowest BCUT2D eigenvalue weighted by Crippen LogP contribution is -2.42. The van der Waals surface area contributed by atoms with Gasteiger partial charge in [-0.25, -0.2) is 0 Å². The average Bonchev–Trinajstić information content (AvgIpc) is 2.92. The van der Waals surface area contributed by atoms with Crippen molar-refractivity contribution >= 4 is 5.91 Å². The number of ether oxygens (including phenoxy) is 1. The third kappa shape index (κ3) is 4.16. The summed E-state index contributed by atoms with van der Waals surface area (Å²) in [6, 6.07) is 13.0. The highest BCUT2D eigenvalue weighted by molar-refractivity contribution is 5.81. The Bertz CT molecular complexity index is 522. The van der Waals surface area contributed by atoms with Crippen LogP contribution in [-0.4, -0.2) is 18.1 Å². The molecule has 1 aromatic heterocycles. The summed E-state index contributed by atoms with van der Waals surface area (Å²) in [6.45, 7) is 3.68. The number of amides is 1. The zero-order chi connectivity index (χ0) is 14.4. The second-order valence-electron chi connectivity index (χ2n) is 4.77. The van der Waals surface area contributed by atoms with E-state index in [-0.39, 0.29) is 11.9 Å². The molecule has 0 saturated heterocycles. The SMILES string of the molecule is C[C@H](Oc1ccccc1)C(=O)N[C@@H](C)Cc1ccco1. The maximum atomic E-state index is 12.0. The summed E-state index contributed by atoms with van der Waals surface area (Å²) in [6.07, 6.45) is 1.76. The van der Waals surface area contributed by atoms with Gasteiger partial charge < -0.3 is 14.5 Å². The van der Waals surface area contributed by atoms with E-state index in [1.807, 2.05) is 49.4 Å². The zero-order valence-electron chi connectivity index (χ0n) is 11.7. The van der Waals surface area contributed by atoms with Crippen molar-refractivity contribution in [3.8, 4) is 5.75 Å². The number of para-hydroxylation sites is 1. The lowest BCUT2D eigenvalue weighted by atomic mass is 10.2. The zero-order valence-corrected chi connectivity index (χ0v) is 11.7.